The van der Waals surface area contributed by atoms with Crippen LogP contribution in [-0.4, -0.2) is 56.6 Å². The van der Waals surface area contributed by atoms with Gasteiger partial charge < -0.3 is 24.6 Å². The number of hydrogen-bond acceptors (Lipinski definition) is 7. The first-order valence-corrected chi connectivity index (χ1v) is 11.3. The molecular formula is C24H24N6O4. The highest BCUT2D eigenvalue weighted by atomic mass is 16.5. The van der Waals surface area contributed by atoms with Crippen molar-refractivity contribution in [1.82, 2.24) is 25.0 Å². The highest BCUT2D eigenvalue weighted by Gasteiger charge is 2.35. The standard InChI is InChI=1S/C24H24N6O4/c1-13-20(14(2)34-28-13)16-6-7-18-21-22(16)33-12-19(17-5-3-4-9-25-17)30(21)23(27-18)29-10-8-15(11-29)26-24(31)32/h3-7,9,15,19,26H,8,10-12H2,1-2H3,(H,31,32)/t15-,19-/m1/s1. The Hall–Kier alpha value is -4.08. The van der Waals surface area contributed by atoms with Gasteiger partial charge in [-0.1, -0.05) is 11.2 Å². The van der Waals surface area contributed by atoms with Gasteiger partial charge in [-0.25, -0.2) is 9.78 Å². The molecule has 10 nitrogen and oxygen atoms in total. The molecule has 0 saturated carbocycles. The molecule has 34 heavy (non-hydrogen) atoms. The maximum Gasteiger partial charge on any atom is 0.404 e. The summed E-state index contributed by atoms with van der Waals surface area (Å²) in [5.74, 6) is 2.27. The second-order valence-electron chi connectivity index (χ2n) is 8.75. The molecule has 2 atom stereocenters. The van der Waals surface area contributed by atoms with E-state index in [1.54, 1.807) is 6.20 Å². The van der Waals surface area contributed by atoms with E-state index in [0.29, 0.717) is 19.7 Å². The molecule has 174 valence electrons. The van der Waals surface area contributed by atoms with Gasteiger partial charge in [-0.3, -0.25) is 9.55 Å². The fourth-order valence-corrected chi connectivity index (χ4v) is 5.14. The predicted octanol–water partition coefficient (Wildman–Crippen LogP) is 3.53. The first kappa shape index (κ1) is 20.5. The molecule has 1 fully saturated rings. The van der Waals surface area contributed by atoms with Crippen LogP contribution in [-0.2, 0) is 0 Å². The van der Waals surface area contributed by atoms with E-state index in [2.05, 4.69) is 24.9 Å². The molecule has 2 aliphatic rings. The quantitative estimate of drug-likeness (QED) is 0.475. The number of carbonyl (C=O) groups is 1. The highest BCUT2D eigenvalue weighted by Crippen LogP contribution is 2.46. The van der Waals surface area contributed by atoms with Crippen LogP contribution in [0.4, 0.5) is 10.7 Å². The molecule has 4 aromatic rings. The summed E-state index contributed by atoms with van der Waals surface area (Å²) >= 11 is 0. The van der Waals surface area contributed by atoms with E-state index in [4.69, 9.17) is 19.4 Å². The molecule has 0 bridgehead atoms. The van der Waals surface area contributed by atoms with E-state index in [-0.39, 0.29) is 12.1 Å². The summed E-state index contributed by atoms with van der Waals surface area (Å²) in [6, 6.07) is 9.54. The molecular weight excluding hydrogens is 436 g/mol. The van der Waals surface area contributed by atoms with Gasteiger partial charge in [-0.2, -0.15) is 0 Å². The van der Waals surface area contributed by atoms with E-state index >= 15 is 0 Å². The number of benzene rings is 1. The third-order valence-electron chi connectivity index (χ3n) is 6.61. The highest BCUT2D eigenvalue weighted by molar-refractivity contribution is 5.94. The number of nitrogens with zero attached hydrogens (tertiary/aromatic N) is 5. The van der Waals surface area contributed by atoms with Crippen molar-refractivity contribution < 1.29 is 19.2 Å². The molecule has 0 radical (unpaired) electrons. The lowest BCUT2D eigenvalue weighted by molar-refractivity contribution is 0.191. The normalized spacial score (nSPS) is 19.4. The van der Waals surface area contributed by atoms with E-state index in [9.17, 15) is 4.79 Å². The molecule has 2 N–H and O–H groups in total. The van der Waals surface area contributed by atoms with Crippen molar-refractivity contribution in [1.29, 1.82) is 0 Å². The Morgan fingerprint density at radius 1 is 1.24 bits per heavy atom. The van der Waals surface area contributed by atoms with Crippen LogP contribution in [0.1, 0.15) is 29.6 Å². The smallest absolute Gasteiger partial charge is 0.404 e. The van der Waals surface area contributed by atoms with Crippen molar-refractivity contribution in [2.75, 3.05) is 24.6 Å². The maximum atomic E-state index is 11.2. The topological polar surface area (TPSA) is 119 Å². The third-order valence-corrected chi connectivity index (χ3v) is 6.61. The lowest BCUT2D eigenvalue weighted by atomic mass is 10.0. The molecule has 0 spiro atoms. The summed E-state index contributed by atoms with van der Waals surface area (Å²) < 4.78 is 14.0. The number of imidazole rings is 1. The van der Waals surface area contributed by atoms with Crippen LogP contribution in [0, 0.1) is 13.8 Å². The molecule has 0 unspecified atom stereocenters. The molecule has 1 aromatic carbocycles. The number of aromatic nitrogens is 4. The third kappa shape index (κ3) is 3.17. The van der Waals surface area contributed by atoms with Gasteiger partial charge in [0.25, 0.3) is 0 Å². The molecule has 3 aromatic heterocycles. The van der Waals surface area contributed by atoms with Crippen LogP contribution < -0.4 is 15.0 Å². The SMILES string of the molecule is Cc1noc(C)c1-c1ccc2nc(N3CC[C@@H](NC(=O)O)C3)n3c2c1OC[C@@H]3c1ccccn1. The van der Waals surface area contributed by atoms with Crippen LogP contribution in [0.25, 0.3) is 22.2 Å². The Bertz CT molecular complexity index is 1380. The number of aryl methyl sites for hydroxylation is 2. The molecule has 1 saturated heterocycles. The van der Waals surface area contributed by atoms with Crippen molar-refractivity contribution in [3.8, 4) is 16.9 Å². The molecule has 6 rings (SSSR count). The molecule has 10 heteroatoms. The number of amides is 1. The maximum absolute atomic E-state index is 11.2. The van der Waals surface area contributed by atoms with E-state index < -0.39 is 6.09 Å². The number of anilines is 1. The van der Waals surface area contributed by atoms with Gasteiger partial charge in [0, 0.05) is 24.8 Å². The van der Waals surface area contributed by atoms with E-state index in [1.807, 2.05) is 44.2 Å². The summed E-state index contributed by atoms with van der Waals surface area (Å²) in [6.07, 6.45) is 1.49. The number of pyridine rings is 1. The Morgan fingerprint density at radius 3 is 2.85 bits per heavy atom. The minimum absolute atomic E-state index is 0.143. The zero-order valence-corrected chi connectivity index (χ0v) is 18.9. The van der Waals surface area contributed by atoms with Crippen molar-refractivity contribution >= 4 is 23.1 Å². The van der Waals surface area contributed by atoms with E-state index in [1.165, 1.54) is 0 Å². The zero-order chi connectivity index (χ0) is 23.4. The second kappa shape index (κ2) is 7.75. The minimum Gasteiger partial charge on any atom is -0.488 e. The van der Waals surface area contributed by atoms with Crippen LogP contribution in [0.15, 0.2) is 41.1 Å². The Morgan fingerprint density at radius 2 is 2.12 bits per heavy atom. The fraction of sp³-hybridized carbons (Fsp3) is 0.333. The number of rotatable bonds is 4. The van der Waals surface area contributed by atoms with Crippen LogP contribution >= 0.6 is 0 Å². The Labute approximate surface area is 195 Å². The summed E-state index contributed by atoms with van der Waals surface area (Å²) in [6.45, 7) is 5.47. The lowest BCUT2D eigenvalue weighted by Crippen LogP contribution is -2.37. The zero-order valence-electron chi connectivity index (χ0n) is 18.9. The first-order valence-electron chi connectivity index (χ1n) is 11.3. The van der Waals surface area contributed by atoms with Gasteiger partial charge in [0.05, 0.1) is 28.5 Å². The van der Waals surface area contributed by atoms with Gasteiger partial charge in [-0.05, 0) is 44.5 Å². The molecule has 5 heterocycles. The average Bonchev–Trinajstić information content (AvgIpc) is 3.53. The van der Waals surface area contributed by atoms with Crippen molar-refractivity contribution in [3.63, 3.8) is 0 Å². The van der Waals surface area contributed by atoms with E-state index in [0.717, 1.165) is 57.4 Å². The van der Waals surface area contributed by atoms with Crippen molar-refractivity contribution in [2.45, 2.75) is 32.4 Å². The monoisotopic (exact) mass is 460 g/mol. The summed E-state index contributed by atoms with van der Waals surface area (Å²) in [4.78, 5) is 22.9. The summed E-state index contributed by atoms with van der Waals surface area (Å²) in [7, 11) is 0. The Balaban J connectivity index is 1.54. The average molecular weight is 460 g/mol. The van der Waals surface area contributed by atoms with Crippen LogP contribution in [0.5, 0.6) is 5.75 Å². The first-order chi connectivity index (χ1) is 16.5. The lowest BCUT2D eigenvalue weighted by Gasteiger charge is -2.30. The fourth-order valence-electron chi connectivity index (χ4n) is 5.14. The minimum atomic E-state index is -1.01. The number of ether oxygens (including phenoxy) is 1. The molecule has 2 aliphatic heterocycles. The molecule has 0 aliphatic carbocycles. The summed E-state index contributed by atoms with van der Waals surface area (Å²) in [5.41, 5.74) is 5.24. The molecule has 1 amide bonds. The van der Waals surface area contributed by atoms with Gasteiger partial charge >= 0.3 is 6.09 Å². The van der Waals surface area contributed by atoms with Crippen LogP contribution in [0.3, 0.4) is 0 Å². The number of nitrogens with one attached hydrogen (secondary N) is 1. The predicted molar refractivity (Wildman–Crippen MR) is 124 cm³/mol. The second-order valence-corrected chi connectivity index (χ2v) is 8.75. The van der Waals surface area contributed by atoms with Gasteiger partial charge in [0.1, 0.15) is 23.9 Å². The summed E-state index contributed by atoms with van der Waals surface area (Å²) in [5, 5.41) is 15.9. The van der Waals surface area contributed by atoms with Gasteiger partial charge in [0.2, 0.25) is 5.95 Å². The van der Waals surface area contributed by atoms with Crippen molar-refractivity contribution in [3.05, 3.63) is 53.7 Å². The largest absolute Gasteiger partial charge is 0.488 e. The number of carboxylic acid groups (broad SMARTS) is 1. The van der Waals surface area contributed by atoms with Crippen molar-refractivity contribution in [2.24, 2.45) is 0 Å². The Kier molecular flexibility index (Phi) is 4.68. The van der Waals surface area contributed by atoms with Crippen LogP contribution in [0.2, 0.25) is 0 Å². The van der Waals surface area contributed by atoms with Gasteiger partial charge in [-0.15, -0.1) is 0 Å². The number of hydrogen-bond donors (Lipinski definition) is 2. The van der Waals surface area contributed by atoms with Gasteiger partial charge in [0.15, 0.2) is 5.75 Å².